The number of hydrogen-bond donors (Lipinski definition) is 0. The predicted octanol–water partition coefficient (Wildman–Crippen LogP) is 6.54. The van der Waals surface area contributed by atoms with E-state index in [0.717, 1.165) is 97.3 Å². The summed E-state index contributed by atoms with van der Waals surface area (Å²) in [4.78, 5) is 8.97. The maximum absolute atomic E-state index is 9.25. The van der Waals surface area contributed by atoms with E-state index in [0.29, 0.717) is 46.1 Å². The summed E-state index contributed by atoms with van der Waals surface area (Å²) in [5.41, 5.74) is 0.566. The van der Waals surface area contributed by atoms with E-state index in [2.05, 4.69) is 46.4 Å². The highest BCUT2D eigenvalue weighted by Gasteiger charge is 2.27. The highest BCUT2D eigenvalue weighted by atomic mass is 16.5. The molecule has 0 N–H and O–H groups in total. The Morgan fingerprint density at radius 2 is 1.23 bits per heavy atom. The average molecular weight is 760 g/mol. The molecule has 0 unspecified atom stereocenters. The Morgan fingerprint density at radius 3 is 1.73 bits per heavy atom. The Morgan fingerprint density at radius 1 is 0.714 bits per heavy atom. The van der Waals surface area contributed by atoms with Gasteiger partial charge in [-0.05, 0) is 49.2 Å². The van der Waals surface area contributed by atoms with Crippen LogP contribution in [0.25, 0.3) is 21.5 Å². The normalized spacial score (nSPS) is 14.9. The van der Waals surface area contributed by atoms with Crippen LogP contribution in [0.2, 0.25) is 0 Å². The zero-order valence-corrected chi connectivity index (χ0v) is 32.3. The molecule has 3 aromatic heterocycles. The third-order valence-electron chi connectivity index (χ3n) is 10.3. The molecule has 15 nitrogen and oxygen atoms in total. The van der Waals surface area contributed by atoms with Gasteiger partial charge in [-0.15, -0.1) is 10.2 Å². The van der Waals surface area contributed by atoms with Gasteiger partial charge in [0.1, 0.15) is 17.9 Å². The van der Waals surface area contributed by atoms with Crippen molar-refractivity contribution in [2.24, 2.45) is 0 Å². The van der Waals surface area contributed by atoms with E-state index >= 15 is 0 Å². The molecular formula is C41H45N9O6. The van der Waals surface area contributed by atoms with E-state index < -0.39 is 0 Å². The van der Waals surface area contributed by atoms with Crippen molar-refractivity contribution >= 4 is 33.2 Å². The Bertz CT molecular complexity index is 2310. The smallest absolute Gasteiger partial charge is 0.226 e. The molecule has 0 spiro atoms. The minimum atomic E-state index is 0.0679. The molecule has 5 heterocycles. The fourth-order valence-corrected chi connectivity index (χ4v) is 7.21. The number of hydrogen-bond acceptors (Lipinski definition) is 15. The van der Waals surface area contributed by atoms with Crippen LogP contribution in [0.4, 0.5) is 11.6 Å². The summed E-state index contributed by atoms with van der Waals surface area (Å²) in [5.74, 6) is 6.91. The van der Waals surface area contributed by atoms with Crippen LogP contribution in [0, 0.1) is 11.3 Å². The molecule has 0 aliphatic carbocycles. The summed E-state index contributed by atoms with van der Waals surface area (Å²) in [6, 6.07) is 17.3. The number of nitrogens with zero attached hydrogens (tertiary/aromatic N) is 9. The number of aryl methyl sites for hydroxylation is 1. The fourth-order valence-electron chi connectivity index (χ4n) is 7.21. The molecule has 0 amide bonds. The monoisotopic (exact) mass is 759 g/mol. The molecule has 8 rings (SSSR count). The number of methoxy groups -OCH3 is 4. The number of nitriles is 1. The van der Waals surface area contributed by atoms with Crippen molar-refractivity contribution in [3.05, 3.63) is 78.2 Å². The Hall–Kier alpha value is -6.43. The van der Waals surface area contributed by atoms with E-state index in [9.17, 15) is 5.26 Å². The van der Waals surface area contributed by atoms with Crippen molar-refractivity contribution in [1.82, 2.24) is 30.5 Å². The van der Waals surface area contributed by atoms with Crippen LogP contribution >= 0.6 is 0 Å². The minimum absolute atomic E-state index is 0.0679. The summed E-state index contributed by atoms with van der Waals surface area (Å²) >= 11 is 0. The SMILES string of the molecule is CCc1nc(C2CCN(c3nncc4cc(OC)c(OC)cc34)CC2)no1.COc1cc2cnnc(N3CCC(Oc4ccccc4C#N)CC3)c2cc1OC. The summed E-state index contributed by atoms with van der Waals surface area (Å²) in [6.07, 6.45) is 7.90. The molecule has 6 aromatic rings. The van der Waals surface area contributed by atoms with Gasteiger partial charge in [0.15, 0.2) is 40.5 Å². The second kappa shape index (κ2) is 17.4. The average Bonchev–Trinajstić information content (AvgIpc) is 3.75. The number of anilines is 2. The van der Waals surface area contributed by atoms with Crippen molar-refractivity contribution in [2.45, 2.75) is 51.0 Å². The Labute approximate surface area is 325 Å². The van der Waals surface area contributed by atoms with Crippen LogP contribution in [0.5, 0.6) is 28.7 Å². The van der Waals surface area contributed by atoms with Crippen LogP contribution in [0.1, 0.15) is 55.8 Å². The van der Waals surface area contributed by atoms with Crippen LogP contribution in [-0.2, 0) is 6.42 Å². The van der Waals surface area contributed by atoms with Crippen LogP contribution < -0.4 is 33.5 Å². The summed E-state index contributed by atoms with van der Waals surface area (Å²) < 4.78 is 33.1. The van der Waals surface area contributed by atoms with Crippen molar-refractivity contribution in [3.63, 3.8) is 0 Å². The van der Waals surface area contributed by atoms with Crippen LogP contribution in [-0.4, -0.2) is 91.3 Å². The largest absolute Gasteiger partial charge is 0.493 e. The van der Waals surface area contributed by atoms with Gasteiger partial charge in [0.05, 0.1) is 46.4 Å². The molecule has 15 heteroatoms. The van der Waals surface area contributed by atoms with E-state index in [1.54, 1.807) is 46.9 Å². The van der Waals surface area contributed by atoms with Crippen LogP contribution in [0.15, 0.2) is 65.4 Å². The van der Waals surface area contributed by atoms with Gasteiger partial charge in [-0.2, -0.15) is 20.4 Å². The second-order valence-electron chi connectivity index (χ2n) is 13.5. The highest BCUT2D eigenvalue weighted by Crippen LogP contribution is 2.38. The molecule has 0 bridgehead atoms. The van der Waals surface area contributed by atoms with Gasteiger partial charge < -0.3 is 38.0 Å². The second-order valence-corrected chi connectivity index (χ2v) is 13.5. The molecule has 2 fully saturated rings. The Balaban J connectivity index is 0.000000172. The maximum atomic E-state index is 9.25. The number of piperidine rings is 2. The number of fused-ring (bicyclic) bond motifs is 2. The lowest BCUT2D eigenvalue weighted by atomic mass is 9.96. The first-order valence-electron chi connectivity index (χ1n) is 18.7. The topological polar surface area (TPSA) is 167 Å². The first-order valence-corrected chi connectivity index (χ1v) is 18.7. The fraction of sp³-hybridized carbons (Fsp3) is 0.390. The molecule has 0 radical (unpaired) electrons. The predicted molar refractivity (Wildman–Crippen MR) is 210 cm³/mol. The first-order chi connectivity index (χ1) is 27.5. The van der Waals surface area contributed by atoms with Crippen molar-refractivity contribution in [2.75, 3.05) is 64.4 Å². The first kappa shape index (κ1) is 37.9. The van der Waals surface area contributed by atoms with E-state index in [1.165, 1.54) is 0 Å². The number of ether oxygens (including phenoxy) is 5. The maximum Gasteiger partial charge on any atom is 0.226 e. The van der Waals surface area contributed by atoms with Gasteiger partial charge in [-0.1, -0.05) is 24.2 Å². The Kier molecular flexibility index (Phi) is 11.7. The standard InChI is InChI=1S/C22H22N4O3.C19H23N5O3/c1-27-20-11-16-14-24-25-22(18(16)12-21(20)28-2)26-9-7-17(8-10-26)29-19-6-4-3-5-15(19)13-23;1-4-17-21-18(23-27-17)12-5-7-24(8-6-12)19-14-10-16(26-3)15(25-2)9-13(14)11-20-22-19/h3-6,11-12,14,17H,7-10H2,1-2H3;9-12H,4-8H2,1-3H3. The molecule has 3 aromatic carbocycles. The number of benzene rings is 3. The van der Waals surface area contributed by atoms with Crippen molar-refractivity contribution < 1.29 is 28.2 Å². The quantitative estimate of drug-likeness (QED) is 0.148. The van der Waals surface area contributed by atoms with Crippen molar-refractivity contribution in [1.29, 1.82) is 5.26 Å². The zero-order valence-electron chi connectivity index (χ0n) is 32.3. The molecule has 56 heavy (non-hydrogen) atoms. The van der Waals surface area contributed by atoms with Gasteiger partial charge >= 0.3 is 0 Å². The van der Waals surface area contributed by atoms with Gasteiger partial charge in [-0.3, -0.25) is 0 Å². The molecule has 0 atom stereocenters. The third-order valence-corrected chi connectivity index (χ3v) is 10.3. The lowest BCUT2D eigenvalue weighted by Gasteiger charge is -2.33. The van der Waals surface area contributed by atoms with Gasteiger partial charge in [0.2, 0.25) is 5.89 Å². The molecular weight excluding hydrogens is 715 g/mol. The molecule has 2 aliphatic heterocycles. The number of aromatic nitrogens is 6. The number of para-hydroxylation sites is 1. The molecule has 2 aliphatic rings. The van der Waals surface area contributed by atoms with Crippen molar-refractivity contribution in [3.8, 4) is 34.8 Å². The van der Waals surface area contributed by atoms with Crippen LogP contribution in [0.3, 0.4) is 0 Å². The number of rotatable bonds is 10. The highest BCUT2D eigenvalue weighted by molar-refractivity contribution is 5.95. The molecule has 0 saturated carbocycles. The molecule has 2 saturated heterocycles. The van der Waals surface area contributed by atoms with E-state index in [4.69, 9.17) is 28.2 Å². The third kappa shape index (κ3) is 8.00. The zero-order chi connectivity index (χ0) is 39.0. The molecule has 290 valence electrons. The summed E-state index contributed by atoms with van der Waals surface area (Å²) in [7, 11) is 6.51. The minimum Gasteiger partial charge on any atom is -0.493 e. The van der Waals surface area contributed by atoms with Gasteiger partial charge in [0.25, 0.3) is 0 Å². The van der Waals surface area contributed by atoms with Gasteiger partial charge in [-0.25, -0.2) is 0 Å². The lowest BCUT2D eigenvalue weighted by Crippen LogP contribution is -2.39. The lowest BCUT2D eigenvalue weighted by molar-refractivity contribution is 0.170. The summed E-state index contributed by atoms with van der Waals surface area (Å²) in [5, 5.41) is 34.5. The van der Waals surface area contributed by atoms with E-state index in [-0.39, 0.29) is 6.10 Å². The van der Waals surface area contributed by atoms with E-state index in [1.807, 2.05) is 49.4 Å². The van der Waals surface area contributed by atoms with Gasteiger partial charge in [0, 0.05) is 72.9 Å². The summed E-state index contributed by atoms with van der Waals surface area (Å²) in [6.45, 7) is 5.33.